The fourth-order valence-corrected chi connectivity index (χ4v) is 1.28. The second kappa shape index (κ2) is 5.94. The van der Waals surface area contributed by atoms with Crippen molar-refractivity contribution < 1.29 is 15.0 Å². The Morgan fingerprint density at radius 1 is 1.38 bits per heavy atom. The van der Waals surface area contributed by atoms with Gasteiger partial charge in [0.1, 0.15) is 5.54 Å². The van der Waals surface area contributed by atoms with Crippen molar-refractivity contribution in [2.45, 2.75) is 38.6 Å². The zero-order valence-corrected chi connectivity index (χ0v) is 8.34. The Morgan fingerprint density at radius 2 is 1.92 bits per heavy atom. The molecule has 0 unspecified atom stereocenters. The lowest BCUT2D eigenvalue weighted by atomic mass is 9.93. The summed E-state index contributed by atoms with van der Waals surface area (Å²) in [6.07, 6.45) is 1.71. The Labute approximate surface area is 79.0 Å². The molecular weight excluding hydrogens is 170 g/mol. The number of aliphatic carboxylic acids is 1. The van der Waals surface area contributed by atoms with Gasteiger partial charge >= 0.3 is 5.97 Å². The van der Waals surface area contributed by atoms with Crippen molar-refractivity contribution in [2.75, 3.05) is 13.2 Å². The van der Waals surface area contributed by atoms with Crippen LogP contribution in [0.25, 0.3) is 0 Å². The number of carbonyl (C=O) groups is 1. The number of carboxylic acid groups (broad SMARTS) is 1. The molecule has 4 heteroatoms. The van der Waals surface area contributed by atoms with Crippen molar-refractivity contribution in [3.63, 3.8) is 0 Å². The van der Waals surface area contributed by atoms with Crippen LogP contribution in [-0.4, -0.2) is 34.9 Å². The SMILES string of the molecule is CCC(CC)(NCCCO)C(=O)O. The largest absolute Gasteiger partial charge is 0.480 e. The summed E-state index contributed by atoms with van der Waals surface area (Å²) in [5.41, 5.74) is -0.810. The van der Waals surface area contributed by atoms with E-state index in [1.54, 1.807) is 0 Å². The Bertz CT molecular complexity index is 155. The molecule has 78 valence electrons. The summed E-state index contributed by atoms with van der Waals surface area (Å²) >= 11 is 0. The number of rotatable bonds is 7. The van der Waals surface area contributed by atoms with Crippen LogP contribution in [0, 0.1) is 0 Å². The van der Waals surface area contributed by atoms with Crippen LogP contribution >= 0.6 is 0 Å². The minimum Gasteiger partial charge on any atom is -0.480 e. The lowest BCUT2D eigenvalue weighted by molar-refractivity contribution is -0.145. The van der Waals surface area contributed by atoms with E-state index in [1.807, 2.05) is 13.8 Å². The van der Waals surface area contributed by atoms with Gasteiger partial charge in [0, 0.05) is 6.61 Å². The van der Waals surface area contributed by atoms with Crippen molar-refractivity contribution >= 4 is 5.97 Å². The molecule has 0 rings (SSSR count). The van der Waals surface area contributed by atoms with Crippen LogP contribution < -0.4 is 5.32 Å². The molecule has 0 aliphatic heterocycles. The molecule has 0 saturated heterocycles. The first kappa shape index (κ1) is 12.4. The third-order valence-corrected chi connectivity index (χ3v) is 2.41. The number of nitrogens with one attached hydrogen (secondary N) is 1. The molecule has 0 aliphatic rings. The van der Waals surface area contributed by atoms with E-state index in [9.17, 15) is 4.79 Å². The van der Waals surface area contributed by atoms with Crippen LogP contribution in [0.1, 0.15) is 33.1 Å². The average molecular weight is 189 g/mol. The van der Waals surface area contributed by atoms with Crippen LogP contribution in [0.5, 0.6) is 0 Å². The van der Waals surface area contributed by atoms with Crippen LogP contribution in [0.3, 0.4) is 0 Å². The summed E-state index contributed by atoms with van der Waals surface area (Å²) in [6.45, 7) is 4.34. The molecular formula is C9H19NO3. The molecule has 0 saturated carbocycles. The van der Waals surface area contributed by atoms with E-state index in [0.29, 0.717) is 25.8 Å². The lowest BCUT2D eigenvalue weighted by Crippen LogP contribution is -2.51. The molecule has 3 N–H and O–H groups in total. The maximum absolute atomic E-state index is 11.0. The van der Waals surface area contributed by atoms with Gasteiger partial charge in [-0.15, -0.1) is 0 Å². The smallest absolute Gasteiger partial charge is 0.323 e. The molecule has 13 heavy (non-hydrogen) atoms. The Balaban J connectivity index is 4.14. The van der Waals surface area contributed by atoms with Gasteiger partial charge in [0.05, 0.1) is 0 Å². The van der Waals surface area contributed by atoms with Gasteiger partial charge < -0.3 is 15.5 Å². The first-order chi connectivity index (χ1) is 6.13. The minimum atomic E-state index is -0.810. The highest BCUT2D eigenvalue weighted by Gasteiger charge is 2.33. The molecule has 0 atom stereocenters. The van der Waals surface area contributed by atoms with Gasteiger partial charge in [0.15, 0.2) is 0 Å². The van der Waals surface area contributed by atoms with Gasteiger partial charge in [0.25, 0.3) is 0 Å². The quantitative estimate of drug-likeness (QED) is 0.513. The van der Waals surface area contributed by atoms with Crippen molar-refractivity contribution in [2.24, 2.45) is 0 Å². The van der Waals surface area contributed by atoms with E-state index in [0.717, 1.165) is 0 Å². The first-order valence-electron chi connectivity index (χ1n) is 4.72. The van der Waals surface area contributed by atoms with Gasteiger partial charge in [-0.2, -0.15) is 0 Å². The van der Waals surface area contributed by atoms with E-state index < -0.39 is 11.5 Å². The van der Waals surface area contributed by atoms with Crippen molar-refractivity contribution in [1.29, 1.82) is 0 Å². The van der Waals surface area contributed by atoms with Gasteiger partial charge in [-0.3, -0.25) is 4.79 Å². The van der Waals surface area contributed by atoms with Crippen LogP contribution in [0.15, 0.2) is 0 Å². The summed E-state index contributed by atoms with van der Waals surface area (Å²) in [7, 11) is 0. The van der Waals surface area contributed by atoms with E-state index in [1.165, 1.54) is 0 Å². The topological polar surface area (TPSA) is 69.6 Å². The van der Waals surface area contributed by atoms with Gasteiger partial charge in [-0.1, -0.05) is 13.8 Å². The predicted octanol–water partition coefficient (Wildman–Crippen LogP) is 0.602. The van der Waals surface area contributed by atoms with Gasteiger partial charge in [-0.25, -0.2) is 0 Å². The monoisotopic (exact) mass is 189 g/mol. The molecule has 0 aromatic carbocycles. The molecule has 0 aromatic rings. The fourth-order valence-electron chi connectivity index (χ4n) is 1.28. The molecule has 0 amide bonds. The molecule has 0 bridgehead atoms. The number of aliphatic hydroxyl groups excluding tert-OH is 1. The van der Waals surface area contributed by atoms with Crippen LogP contribution in [0.4, 0.5) is 0 Å². The standard InChI is InChI=1S/C9H19NO3/c1-3-9(4-2,8(12)13)10-6-5-7-11/h10-11H,3-7H2,1-2H3,(H,12,13). The maximum atomic E-state index is 11.0. The Hall–Kier alpha value is -0.610. The summed E-state index contributed by atoms with van der Waals surface area (Å²) < 4.78 is 0. The lowest BCUT2D eigenvalue weighted by Gasteiger charge is -2.28. The molecule has 0 radical (unpaired) electrons. The Kier molecular flexibility index (Phi) is 5.66. The second-order valence-corrected chi connectivity index (χ2v) is 3.10. The van der Waals surface area contributed by atoms with Crippen molar-refractivity contribution in [1.82, 2.24) is 5.32 Å². The molecule has 0 spiro atoms. The van der Waals surface area contributed by atoms with E-state index in [-0.39, 0.29) is 6.61 Å². The fraction of sp³-hybridized carbons (Fsp3) is 0.889. The number of hydrogen-bond donors (Lipinski definition) is 3. The highest BCUT2D eigenvalue weighted by atomic mass is 16.4. The first-order valence-corrected chi connectivity index (χ1v) is 4.72. The van der Waals surface area contributed by atoms with Gasteiger partial charge in [0.2, 0.25) is 0 Å². The summed E-state index contributed by atoms with van der Waals surface area (Å²) in [5.74, 6) is -0.810. The minimum absolute atomic E-state index is 0.0934. The van der Waals surface area contributed by atoms with E-state index in [4.69, 9.17) is 10.2 Å². The maximum Gasteiger partial charge on any atom is 0.323 e. The van der Waals surface area contributed by atoms with Crippen LogP contribution in [0.2, 0.25) is 0 Å². The average Bonchev–Trinajstić information content (AvgIpc) is 2.13. The van der Waals surface area contributed by atoms with Crippen molar-refractivity contribution in [3.05, 3.63) is 0 Å². The third-order valence-electron chi connectivity index (χ3n) is 2.41. The molecule has 0 aromatic heterocycles. The summed E-state index contributed by atoms with van der Waals surface area (Å²) in [5, 5.41) is 20.5. The third kappa shape index (κ3) is 3.32. The second-order valence-electron chi connectivity index (χ2n) is 3.10. The Morgan fingerprint density at radius 3 is 2.23 bits per heavy atom. The number of carboxylic acids is 1. The van der Waals surface area contributed by atoms with Crippen LogP contribution in [-0.2, 0) is 4.79 Å². The van der Waals surface area contributed by atoms with Crippen molar-refractivity contribution in [3.8, 4) is 0 Å². The number of aliphatic hydroxyl groups is 1. The summed E-state index contributed by atoms with van der Waals surface area (Å²) in [4.78, 5) is 11.0. The summed E-state index contributed by atoms with van der Waals surface area (Å²) in [6, 6.07) is 0. The predicted molar refractivity (Wildman–Crippen MR) is 50.7 cm³/mol. The molecule has 0 fully saturated rings. The van der Waals surface area contributed by atoms with Gasteiger partial charge in [-0.05, 0) is 25.8 Å². The molecule has 4 nitrogen and oxygen atoms in total. The zero-order chi connectivity index (χ0) is 10.3. The molecule has 0 aliphatic carbocycles. The van der Waals surface area contributed by atoms with E-state index in [2.05, 4.69) is 5.32 Å². The number of hydrogen-bond acceptors (Lipinski definition) is 3. The van der Waals surface area contributed by atoms with E-state index >= 15 is 0 Å². The normalized spacial score (nSPS) is 11.6. The highest BCUT2D eigenvalue weighted by Crippen LogP contribution is 2.14. The molecule has 0 heterocycles. The highest BCUT2D eigenvalue weighted by molar-refractivity contribution is 5.78. The zero-order valence-electron chi connectivity index (χ0n) is 8.34.